The van der Waals surface area contributed by atoms with E-state index in [1.807, 2.05) is 0 Å². The molecular weight excluding hydrogens is 235 g/mol. The van der Waals surface area contributed by atoms with Gasteiger partial charge in [-0.1, -0.05) is 0 Å². The van der Waals surface area contributed by atoms with Crippen molar-refractivity contribution < 1.29 is 14.2 Å². The second-order valence-corrected chi connectivity index (χ2v) is 3.50. The quantitative estimate of drug-likeness (QED) is 0.842. The summed E-state index contributed by atoms with van der Waals surface area (Å²) in [5.41, 5.74) is 0.206. The second kappa shape index (κ2) is 5.25. The number of nitrogens with zero attached hydrogens (tertiary/aromatic N) is 2. The molecule has 18 heavy (non-hydrogen) atoms. The number of nitriles is 1. The molecule has 2 aromatic rings. The third-order valence-corrected chi connectivity index (χ3v) is 2.20. The van der Waals surface area contributed by atoms with Gasteiger partial charge in [-0.05, 0) is 30.3 Å². The Kier molecular flexibility index (Phi) is 3.51. The molecule has 1 heterocycles. The summed E-state index contributed by atoms with van der Waals surface area (Å²) in [4.78, 5) is 3.85. The lowest BCUT2D eigenvalue weighted by Crippen LogP contribution is -1.97. The topological polar surface area (TPSA) is 66.1 Å². The number of rotatable bonds is 3. The summed E-state index contributed by atoms with van der Waals surface area (Å²) in [6.07, 6.45) is 0.135. The predicted octanol–water partition coefficient (Wildman–Crippen LogP) is 2.57. The van der Waals surface area contributed by atoms with E-state index in [4.69, 9.17) is 10.00 Å². The van der Waals surface area contributed by atoms with Crippen molar-refractivity contribution in [2.24, 2.45) is 0 Å². The Morgan fingerprint density at radius 3 is 2.61 bits per heavy atom. The van der Waals surface area contributed by atoms with E-state index in [1.54, 1.807) is 12.1 Å². The van der Waals surface area contributed by atoms with Crippen molar-refractivity contribution in [1.29, 1.82) is 5.26 Å². The molecule has 0 spiro atoms. The highest BCUT2D eigenvalue weighted by atomic mass is 19.1. The standard InChI is InChI=1S/C13H9FN2O2/c14-9-1-3-10(4-2-9)18-11-5-6-16-12(7-11)13(17)8-15/h1-7,13,17H. The Bertz CT molecular complexity index is 578. The molecule has 4 nitrogen and oxygen atoms in total. The highest BCUT2D eigenvalue weighted by Crippen LogP contribution is 2.23. The van der Waals surface area contributed by atoms with Crippen LogP contribution in [0.15, 0.2) is 42.6 Å². The average molecular weight is 244 g/mol. The molecule has 1 N–H and O–H groups in total. The van der Waals surface area contributed by atoms with Gasteiger partial charge in [0.25, 0.3) is 0 Å². The summed E-state index contributed by atoms with van der Waals surface area (Å²) in [6, 6.07) is 10.2. The minimum absolute atomic E-state index is 0.206. The normalized spacial score (nSPS) is 11.6. The molecule has 0 aliphatic rings. The predicted molar refractivity (Wildman–Crippen MR) is 61.3 cm³/mol. The van der Waals surface area contributed by atoms with Crippen LogP contribution in [0.3, 0.4) is 0 Å². The lowest BCUT2D eigenvalue weighted by molar-refractivity contribution is 0.230. The number of pyridine rings is 1. The lowest BCUT2D eigenvalue weighted by atomic mass is 10.2. The van der Waals surface area contributed by atoms with Gasteiger partial charge < -0.3 is 9.84 Å². The van der Waals surface area contributed by atoms with Gasteiger partial charge in [-0.15, -0.1) is 0 Å². The zero-order valence-electron chi connectivity index (χ0n) is 9.25. The van der Waals surface area contributed by atoms with Gasteiger partial charge in [-0.3, -0.25) is 4.98 Å². The number of aromatic nitrogens is 1. The van der Waals surface area contributed by atoms with Crippen molar-refractivity contribution >= 4 is 0 Å². The first-order valence-corrected chi connectivity index (χ1v) is 5.16. The summed E-state index contributed by atoms with van der Waals surface area (Å²) in [5.74, 6) is 0.526. The van der Waals surface area contributed by atoms with Crippen molar-refractivity contribution in [3.63, 3.8) is 0 Å². The maximum atomic E-state index is 12.7. The van der Waals surface area contributed by atoms with Gasteiger partial charge in [0.1, 0.15) is 23.4 Å². The molecule has 90 valence electrons. The van der Waals surface area contributed by atoms with Crippen molar-refractivity contribution in [2.45, 2.75) is 6.10 Å². The van der Waals surface area contributed by atoms with Crippen LogP contribution in [-0.4, -0.2) is 10.1 Å². The van der Waals surface area contributed by atoms with E-state index in [9.17, 15) is 9.50 Å². The third kappa shape index (κ3) is 2.81. The molecule has 0 fully saturated rings. The fraction of sp³-hybridized carbons (Fsp3) is 0.0769. The Hall–Kier alpha value is -2.45. The molecule has 1 aromatic carbocycles. The fourth-order valence-corrected chi connectivity index (χ4v) is 1.35. The summed E-state index contributed by atoms with van der Waals surface area (Å²) >= 11 is 0. The average Bonchev–Trinajstić information content (AvgIpc) is 2.41. The highest BCUT2D eigenvalue weighted by molar-refractivity contribution is 5.32. The number of aliphatic hydroxyl groups excluding tert-OH is 1. The van der Waals surface area contributed by atoms with Crippen LogP contribution < -0.4 is 4.74 Å². The SMILES string of the molecule is N#CC(O)c1cc(Oc2ccc(F)cc2)ccn1. The number of aliphatic hydroxyl groups is 1. The van der Waals surface area contributed by atoms with E-state index in [0.29, 0.717) is 11.5 Å². The van der Waals surface area contributed by atoms with Crippen LogP contribution in [0, 0.1) is 17.1 Å². The summed E-state index contributed by atoms with van der Waals surface area (Å²) in [5, 5.41) is 17.9. The zero-order valence-corrected chi connectivity index (χ0v) is 9.25. The van der Waals surface area contributed by atoms with Crippen molar-refractivity contribution in [3.8, 4) is 17.6 Å². The van der Waals surface area contributed by atoms with Gasteiger partial charge in [-0.2, -0.15) is 5.26 Å². The van der Waals surface area contributed by atoms with Crippen LogP contribution in [0.4, 0.5) is 4.39 Å². The van der Waals surface area contributed by atoms with E-state index in [1.165, 1.54) is 36.5 Å². The van der Waals surface area contributed by atoms with Gasteiger partial charge in [0, 0.05) is 12.3 Å². The van der Waals surface area contributed by atoms with Gasteiger partial charge in [0.05, 0.1) is 5.69 Å². The molecule has 2 rings (SSSR count). The molecule has 1 unspecified atom stereocenters. The van der Waals surface area contributed by atoms with E-state index in [2.05, 4.69) is 4.98 Å². The number of hydrogen-bond donors (Lipinski definition) is 1. The minimum Gasteiger partial charge on any atom is -0.457 e. The van der Waals surface area contributed by atoms with Crippen LogP contribution in [-0.2, 0) is 0 Å². The summed E-state index contributed by atoms with van der Waals surface area (Å²) in [7, 11) is 0. The zero-order chi connectivity index (χ0) is 13.0. The van der Waals surface area contributed by atoms with Crippen molar-refractivity contribution in [3.05, 3.63) is 54.1 Å². The highest BCUT2D eigenvalue weighted by Gasteiger charge is 2.08. The van der Waals surface area contributed by atoms with E-state index in [-0.39, 0.29) is 11.5 Å². The monoisotopic (exact) mass is 244 g/mol. The van der Waals surface area contributed by atoms with Crippen LogP contribution in [0.25, 0.3) is 0 Å². The van der Waals surface area contributed by atoms with Gasteiger partial charge in [0.2, 0.25) is 0 Å². The largest absolute Gasteiger partial charge is 0.457 e. The number of benzene rings is 1. The molecule has 0 aliphatic heterocycles. The third-order valence-electron chi connectivity index (χ3n) is 2.20. The van der Waals surface area contributed by atoms with Crippen LogP contribution >= 0.6 is 0 Å². The Morgan fingerprint density at radius 1 is 1.22 bits per heavy atom. The van der Waals surface area contributed by atoms with E-state index >= 15 is 0 Å². The summed E-state index contributed by atoms with van der Waals surface area (Å²) < 4.78 is 18.1. The first kappa shape index (κ1) is 12.0. The number of halogens is 1. The van der Waals surface area contributed by atoms with E-state index < -0.39 is 6.10 Å². The minimum atomic E-state index is -1.29. The molecule has 0 amide bonds. The maximum Gasteiger partial charge on any atom is 0.183 e. The second-order valence-electron chi connectivity index (χ2n) is 3.50. The molecule has 0 saturated carbocycles. The van der Waals surface area contributed by atoms with Crippen molar-refractivity contribution in [1.82, 2.24) is 4.98 Å². The smallest absolute Gasteiger partial charge is 0.183 e. The Balaban J connectivity index is 2.19. The van der Waals surface area contributed by atoms with Crippen molar-refractivity contribution in [2.75, 3.05) is 0 Å². The Labute approximate surface area is 103 Å². The number of hydrogen-bond acceptors (Lipinski definition) is 4. The van der Waals surface area contributed by atoms with Gasteiger partial charge >= 0.3 is 0 Å². The molecule has 5 heteroatoms. The number of ether oxygens (including phenoxy) is 1. The first-order valence-electron chi connectivity index (χ1n) is 5.16. The first-order chi connectivity index (χ1) is 8.69. The molecule has 0 saturated heterocycles. The molecule has 1 atom stereocenters. The fourth-order valence-electron chi connectivity index (χ4n) is 1.35. The molecular formula is C13H9FN2O2. The molecule has 0 radical (unpaired) electrons. The molecule has 1 aromatic heterocycles. The van der Waals surface area contributed by atoms with E-state index in [0.717, 1.165) is 0 Å². The van der Waals surface area contributed by atoms with Crippen LogP contribution in [0.2, 0.25) is 0 Å². The molecule has 0 aliphatic carbocycles. The van der Waals surface area contributed by atoms with Crippen LogP contribution in [0.1, 0.15) is 11.8 Å². The molecule has 0 bridgehead atoms. The van der Waals surface area contributed by atoms with Crippen LogP contribution in [0.5, 0.6) is 11.5 Å². The summed E-state index contributed by atoms with van der Waals surface area (Å²) in [6.45, 7) is 0. The van der Waals surface area contributed by atoms with Gasteiger partial charge in [-0.25, -0.2) is 4.39 Å². The Morgan fingerprint density at radius 2 is 1.94 bits per heavy atom. The lowest BCUT2D eigenvalue weighted by Gasteiger charge is -2.07. The van der Waals surface area contributed by atoms with Gasteiger partial charge in [0.15, 0.2) is 6.10 Å². The maximum absolute atomic E-state index is 12.7.